The molecule has 110 valence electrons. The van der Waals surface area contributed by atoms with E-state index in [2.05, 4.69) is 10.6 Å². The standard InChI is InChI=1S/C14H20N2O4/c1-9(2)16-13(17)8-15-14(18)11-7-10(19-3)5-6-12(11)20-4/h5-7,9H,8H2,1-4H3,(H,15,18)(H,16,17). The van der Waals surface area contributed by atoms with Crippen LogP contribution in [0.1, 0.15) is 24.2 Å². The number of ether oxygens (including phenoxy) is 2. The van der Waals surface area contributed by atoms with Crippen LogP contribution in [-0.4, -0.2) is 38.6 Å². The lowest BCUT2D eigenvalue weighted by molar-refractivity contribution is -0.120. The van der Waals surface area contributed by atoms with Gasteiger partial charge >= 0.3 is 0 Å². The molecule has 0 aromatic heterocycles. The third-order valence-electron chi connectivity index (χ3n) is 2.51. The van der Waals surface area contributed by atoms with Crippen LogP contribution in [0, 0.1) is 0 Å². The average molecular weight is 280 g/mol. The fraction of sp³-hybridized carbons (Fsp3) is 0.429. The van der Waals surface area contributed by atoms with Crippen molar-refractivity contribution in [1.82, 2.24) is 10.6 Å². The molecule has 1 aromatic rings. The number of amides is 2. The Labute approximate surface area is 118 Å². The second-order valence-corrected chi connectivity index (χ2v) is 4.47. The summed E-state index contributed by atoms with van der Waals surface area (Å²) in [6, 6.07) is 4.93. The highest BCUT2D eigenvalue weighted by Crippen LogP contribution is 2.23. The summed E-state index contributed by atoms with van der Waals surface area (Å²) in [7, 11) is 2.99. The van der Waals surface area contributed by atoms with Crippen molar-refractivity contribution in [3.05, 3.63) is 23.8 Å². The molecule has 2 N–H and O–H groups in total. The van der Waals surface area contributed by atoms with Crippen LogP contribution in [0.15, 0.2) is 18.2 Å². The van der Waals surface area contributed by atoms with E-state index < -0.39 is 0 Å². The summed E-state index contributed by atoms with van der Waals surface area (Å²) in [5.74, 6) is 0.338. The Morgan fingerprint density at radius 1 is 1.20 bits per heavy atom. The summed E-state index contributed by atoms with van der Waals surface area (Å²) in [5.41, 5.74) is 0.323. The van der Waals surface area contributed by atoms with Gasteiger partial charge in [-0.15, -0.1) is 0 Å². The van der Waals surface area contributed by atoms with Gasteiger partial charge in [-0.05, 0) is 32.0 Å². The van der Waals surface area contributed by atoms with Crippen LogP contribution in [0.3, 0.4) is 0 Å². The molecule has 2 amide bonds. The number of carbonyl (C=O) groups excluding carboxylic acids is 2. The largest absolute Gasteiger partial charge is 0.497 e. The Morgan fingerprint density at radius 3 is 2.45 bits per heavy atom. The van der Waals surface area contributed by atoms with Crippen molar-refractivity contribution in [2.24, 2.45) is 0 Å². The lowest BCUT2D eigenvalue weighted by Crippen LogP contribution is -2.39. The zero-order chi connectivity index (χ0) is 15.1. The van der Waals surface area contributed by atoms with E-state index in [4.69, 9.17) is 9.47 Å². The van der Waals surface area contributed by atoms with E-state index in [0.29, 0.717) is 17.1 Å². The maximum Gasteiger partial charge on any atom is 0.255 e. The van der Waals surface area contributed by atoms with Crippen LogP contribution < -0.4 is 20.1 Å². The normalized spacial score (nSPS) is 10.1. The van der Waals surface area contributed by atoms with Gasteiger partial charge in [0.15, 0.2) is 0 Å². The summed E-state index contributed by atoms with van der Waals surface area (Å²) < 4.78 is 10.2. The summed E-state index contributed by atoms with van der Waals surface area (Å²) in [5, 5.41) is 5.23. The van der Waals surface area contributed by atoms with Crippen LogP contribution in [0.5, 0.6) is 11.5 Å². The molecule has 0 aliphatic carbocycles. The first-order valence-corrected chi connectivity index (χ1v) is 6.27. The van der Waals surface area contributed by atoms with E-state index in [1.165, 1.54) is 14.2 Å². The first-order chi connectivity index (χ1) is 9.47. The molecular weight excluding hydrogens is 260 g/mol. The van der Waals surface area contributed by atoms with Crippen molar-refractivity contribution in [2.45, 2.75) is 19.9 Å². The number of hydrogen-bond acceptors (Lipinski definition) is 4. The lowest BCUT2D eigenvalue weighted by Gasteiger charge is -2.12. The van der Waals surface area contributed by atoms with Gasteiger partial charge in [-0.1, -0.05) is 0 Å². The summed E-state index contributed by atoms with van der Waals surface area (Å²) in [6.45, 7) is 3.62. The van der Waals surface area contributed by atoms with Crippen molar-refractivity contribution in [1.29, 1.82) is 0 Å². The van der Waals surface area contributed by atoms with Gasteiger partial charge in [0.2, 0.25) is 5.91 Å². The topological polar surface area (TPSA) is 76.7 Å². The minimum absolute atomic E-state index is 0.0331. The van der Waals surface area contributed by atoms with E-state index >= 15 is 0 Å². The number of carbonyl (C=O) groups is 2. The van der Waals surface area contributed by atoms with E-state index in [-0.39, 0.29) is 24.4 Å². The van der Waals surface area contributed by atoms with Crippen LogP contribution in [0.2, 0.25) is 0 Å². The molecule has 0 atom stereocenters. The van der Waals surface area contributed by atoms with Crippen molar-refractivity contribution in [3.8, 4) is 11.5 Å². The predicted octanol–water partition coefficient (Wildman–Crippen LogP) is 0.958. The van der Waals surface area contributed by atoms with Crippen molar-refractivity contribution in [3.63, 3.8) is 0 Å². The Hall–Kier alpha value is -2.24. The minimum Gasteiger partial charge on any atom is -0.497 e. The third kappa shape index (κ3) is 4.46. The van der Waals surface area contributed by atoms with Crippen molar-refractivity contribution >= 4 is 11.8 Å². The fourth-order valence-corrected chi connectivity index (χ4v) is 1.62. The van der Waals surface area contributed by atoms with E-state index in [0.717, 1.165) is 0 Å². The van der Waals surface area contributed by atoms with Crippen molar-refractivity contribution in [2.75, 3.05) is 20.8 Å². The maximum atomic E-state index is 12.1. The summed E-state index contributed by atoms with van der Waals surface area (Å²) in [6.07, 6.45) is 0. The quantitative estimate of drug-likeness (QED) is 0.813. The molecule has 0 saturated carbocycles. The van der Waals surface area contributed by atoms with E-state index in [9.17, 15) is 9.59 Å². The number of rotatable bonds is 6. The van der Waals surface area contributed by atoms with Crippen LogP contribution in [-0.2, 0) is 4.79 Å². The molecule has 0 fully saturated rings. The maximum absolute atomic E-state index is 12.1. The van der Waals surface area contributed by atoms with Crippen LogP contribution >= 0.6 is 0 Å². The van der Waals surface area contributed by atoms with Gasteiger partial charge in [-0.25, -0.2) is 0 Å². The van der Waals surface area contributed by atoms with Crippen LogP contribution in [0.4, 0.5) is 0 Å². The molecule has 0 aliphatic heterocycles. The Morgan fingerprint density at radius 2 is 1.90 bits per heavy atom. The monoisotopic (exact) mass is 280 g/mol. The Balaban J connectivity index is 2.73. The molecule has 6 nitrogen and oxygen atoms in total. The highest BCUT2D eigenvalue weighted by molar-refractivity contribution is 5.99. The average Bonchev–Trinajstić information content (AvgIpc) is 2.43. The molecule has 0 unspecified atom stereocenters. The molecule has 0 radical (unpaired) electrons. The molecule has 0 spiro atoms. The predicted molar refractivity (Wildman–Crippen MR) is 75.2 cm³/mol. The van der Waals surface area contributed by atoms with Gasteiger partial charge in [-0.3, -0.25) is 9.59 Å². The molecule has 1 aromatic carbocycles. The zero-order valence-electron chi connectivity index (χ0n) is 12.1. The first-order valence-electron chi connectivity index (χ1n) is 6.27. The number of benzene rings is 1. The molecule has 20 heavy (non-hydrogen) atoms. The molecule has 0 saturated heterocycles. The molecule has 0 aliphatic rings. The fourth-order valence-electron chi connectivity index (χ4n) is 1.62. The highest BCUT2D eigenvalue weighted by atomic mass is 16.5. The summed E-state index contributed by atoms with van der Waals surface area (Å²) >= 11 is 0. The number of hydrogen-bond donors (Lipinski definition) is 2. The first kappa shape index (κ1) is 15.8. The highest BCUT2D eigenvalue weighted by Gasteiger charge is 2.14. The molecular formula is C14H20N2O4. The Bertz CT molecular complexity index is 486. The lowest BCUT2D eigenvalue weighted by atomic mass is 10.1. The van der Waals surface area contributed by atoms with Gasteiger partial charge < -0.3 is 20.1 Å². The SMILES string of the molecule is COc1ccc(OC)c(C(=O)NCC(=O)NC(C)C)c1. The number of nitrogens with one attached hydrogen (secondary N) is 2. The van der Waals surface area contributed by atoms with Gasteiger partial charge in [0, 0.05) is 6.04 Å². The van der Waals surface area contributed by atoms with Gasteiger partial charge in [0.1, 0.15) is 11.5 Å². The zero-order valence-corrected chi connectivity index (χ0v) is 12.1. The Kier molecular flexibility index (Phi) is 5.83. The van der Waals surface area contributed by atoms with Gasteiger partial charge in [0.25, 0.3) is 5.91 Å². The number of methoxy groups -OCH3 is 2. The minimum atomic E-state index is -0.389. The molecule has 0 heterocycles. The molecule has 1 rings (SSSR count). The van der Waals surface area contributed by atoms with E-state index in [1.54, 1.807) is 18.2 Å². The van der Waals surface area contributed by atoms with E-state index in [1.807, 2.05) is 13.8 Å². The van der Waals surface area contributed by atoms with Gasteiger partial charge in [-0.2, -0.15) is 0 Å². The third-order valence-corrected chi connectivity index (χ3v) is 2.51. The van der Waals surface area contributed by atoms with Crippen LogP contribution in [0.25, 0.3) is 0 Å². The van der Waals surface area contributed by atoms with Gasteiger partial charge in [0.05, 0.1) is 26.3 Å². The smallest absolute Gasteiger partial charge is 0.255 e. The molecule has 6 heteroatoms. The second-order valence-electron chi connectivity index (χ2n) is 4.47. The second kappa shape index (κ2) is 7.37. The summed E-state index contributed by atoms with van der Waals surface area (Å²) in [4.78, 5) is 23.5. The molecule has 0 bridgehead atoms. The van der Waals surface area contributed by atoms with Crippen molar-refractivity contribution < 1.29 is 19.1 Å².